The molecule has 3 aromatic heterocycles. The Morgan fingerprint density at radius 1 is 1.23 bits per heavy atom. The maximum absolute atomic E-state index is 12.8. The summed E-state index contributed by atoms with van der Waals surface area (Å²) in [4.78, 5) is 24.1. The van der Waals surface area contributed by atoms with Gasteiger partial charge in [-0.1, -0.05) is 12.1 Å². The van der Waals surface area contributed by atoms with E-state index in [4.69, 9.17) is 4.42 Å². The molecule has 1 N–H and O–H groups in total. The SMILES string of the molecule is C=C[C@@H]1CN(c2ccc3cc(-c4cn5cc(C)nc(C)c5n4)oc(=O)c3c2)CCN1. The van der Waals surface area contributed by atoms with Gasteiger partial charge in [0.1, 0.15) is 5.69 Å². The van der Waals surface area contributed by atoms with Gasteiger partial charge in [0.05, 0.1) is 16.8 Å². The number of anilines is 1. The molecule has 152 valence electrons. The summed E-state index contributed by atoms with van der Waals surface area (Å²) in [5.41, 5.74) is 3.77. The van der Waals surface area contributed by atoms with Crippen LogP contribution in [-0.4, -0.2) is 40.0 Å². The van der Waals surface area contributed by atoms with Crippen LogP contribution in [0.4, 0.5) is 5.69 Å². The minimum absolute atomic E-state index is 0.241. The lowest BCUT2D eigenvalue weighted by atomic mass is 10.1. The van der Waals surface area contributed by atoms with Gasteiger partial charge in [0.15, 0.2) is 11.4 Å². The average Bonchev–Trinajstić information content (AvgIpc) is 3.18. The third-order valence-corrected chi connectivity index (χ3v) is 5.58. The van der Waals surface area contributed by atoms with E-state index in [2.05, 4.69) is 32.8 Å². The van der Waals surface area contributed by atoms with Gasteiger partial charge in [-0.15, -0.1) is 6.58 Å². The van der Waals surface area contributed by atoms with Crippen molar-refractivity contribution in [2.24, 2.45) is 0 Å². The minimum Gasteiger partial charge on any atom is -0.421 e. The fourth-order valence-electron chi connectivity index (χ4n) is 4.09. The Morgan fingerprint density at radius 3 is 2.93 bits per heavy atom. The van der Waals surface area contributed by atoms with Crippen molar-refractivity contribution in [3.8, 4) is 11.5 Å². The van der Waals surface area contributed by atoms with E-state index in [1.54, 1.807) is 0 Å². The maximum Gasteiger partial charge on any atom is 0.344 e. The van der Waals surface area contributed by atoms with Gasteiger partial charge in [0, 0.05) is 43.8 Å². The van der Waals surface area contributed by atoms with Crippen LogP contribution in [0.5, 0.6) is 0 Å². The van der Waals surface area contributed by atoms with Crippen LogP contribution in [0.1, 0.15) is 11.4 Å². The second-order valence-corrected chi connectivity index (χ2v) is 7.74. The molecule has 5 rings (SSSR count). The molecule has 7 heteroatoms. The molecule has 0 bridgehead atoms. The monoisotopic (exact) mass is 401 g/mol. The smallest absolute Gasteiger partial charge is 0.344 e. The first-order valence-electron chi connectivity index (χ1n) is 10.0. The first-order valence-corrected chi connectivity index (χ1v) is 10.0. The number of hydrogen-bond donors (Lipinski definition) is 1. The Balaban J connectivity index is 1.55. The molecule has 1 aliphatic rings. The molecule has 0 spiro atoms. The normalized spacial score (nSPS) is 17.0. The number of aryl methyl sites for hydroxylation is 2. The highest BCUT2D eigenvalue weighted by Gasteiger charge is 2.18. The van der Waals surface area contributed by atoms with Crippen molar-refractivity contribution >= 4 is 22.1 Å². The highest BCUT2D eigenvalue weighted by Crippen LogP contribution is 2.26. The molecule has 0 unspecified atom stereocenters. The molecule has 4 aromatic rings. The molecule has 1 aliphatic heterocycles. The number of nitrogens with zero attached hydrogens (tertiary/aromatic N) is 4. The van der Waals surface area contributed by atoms with Gasteiger partial charge in [-0.2, -0.15) is 0 Å². The van der Waals surface area contributed by atoms with Crippen LogP contribution < -0.4 is 15.8 Å². The first-order chi connectivity index (χ1) is 14.5. The zero-order valence-electron chi connectivity index (χ0n) is 17.1. The average molecular weight is 401 g/mol. The molecule has 0 amide bonds. The van der Waals surface area contributed by atoms with Crippen LogP contribution in [0, 0.1) is 13.8 Å². The van der Waals surface area contributed by atoms with Gasteiger partial charge in [-0.05, 0) is 37.4 Å². The quantitative estimate of drug-likeness (QED) is 0.532. The van der Waals surface area contributed by atoms with Gasteiger partial charge >= 0.3 is 5.63 Å². The van der Waals surface area contributed by atoms with Gasteiger partial charge < -0.3 is 19.0 Å². The second kappa shape index (κ2) is 7.11. The van der Waals surface area contributed by atoms with Crippen molar-refractivity contribution in [3.63, 3.8) is 0 Å². The summed E-state index contributed by atoms with van der Waals surface area (Å²) in [6, 6.07) is 8.06. The maximum atomic E-state index is 12.8. The summed E-state index contributed by atoms with van der Waals surface area (Å²) in [6.07, 6.45) is 5.70. The van der Waals surface area contributed by atoms with E-state index >= 15 is 0 Å². The van der Waals surface area contributed by atoms with E-state index in [0.29, 0.717) is 16.8 Å². The van der Waals surface area contributed by atoms with Crippen LogP contribution in [0.15, 0.2) is 58.5 Å². The minimum atomic E-state index is -0.358. The van der Waals surface area contributed by atoms with E-state index < -0.39 is 0 Å². The molecular weight excluding hydrogens is 378 g/mol. The summed E-state index contributed by atoms with van der Waals surface area (Å²) in [7, 11) is 0. The lowest BCUT2D eigenvalue weighted by Crippen LogP contribution is -2.49. The number of piperazine rings is 1. The van der Waals surface area contributed by atoms with Gasteiger partial charge in [-0.3, -0.25) is 4.98 Å². The Labute approximate surface area is 173 Å². The fourth-order valence-corrected chi connectivity index (χ4v) is 4.09. The van der Waals surface area contributed by atoms with Crippen LogP contribution >= 0.6 is 0 Å². The van der Waals surface area contributed by atoms with E-state index in [1.807, 2.05) is 54.9 Å². The number of aromatic nitrogens is 3. The van der Waals surface area contributed by atoms with Crippen molar-refractivity contribution in [2.45, 2.75) is 19.9 Å². The molecule has 0 radical (unpaired) electrons. The topological polar surface area (TPSA) is 75.7 Å². The Kier molecular flexibility index (Phi) is 4.40. The van der Waals surface area contributed by atoms with Gasteiger partial charge in [0.25, 0.3) is 0 Å². The third kappa shape index (κ3) is 3.17. The fraction of sp³-hybridized carbons (Fsp3) is 0.261. The van der Waals surface area contributed by atoms with Gasteiger partial charge in [-0.25, -0.2) is 9.78 Å². The Bertz CT molecular complexity index is 1340. The van der Waals surface area contributed by atoms with Crippen molar-refractivity contribution in [1.82, 2.24) is 19.7 Å². The third-order valence-electron chi connectivity index (χ3n) is 5.58. The summed E-state index contributed by atoms with van der Waals surface area (Å²) in [5.74, 6) is 0.454. The Hall–Kier alpha value is -3.45. The van der Waals surface area contributed by atoms with Crippen molar-refractivity contribution in [1.29, 1.82) is 0 Å². The summed E-state index contributed by atoms with van der Waals surface area (Å²) in [5, 5.41) is 4.82. The molecule has 1 aromatic carbocycles. The zero-order chi connectivity index (χ0) is 20.8. The molecular formula is C23H23N5O2. The number of hydrogen-bond acceptors (Lipinski definition) is 6. The van der Waals surface area contributed by atoms with E-state index in [1.165, 1.54) is 0 Å². The summed E-state index contributed by atoms with van der Waals surface area (Å²) in [6.45, 7) is 10.3. The molecule has 1 atom stereocenters. The number of rotatable bonds is 3. The number of nitrogens with one attached hydrogen (secondary N) is 1. The van der Waals surface area contributed by atoms with Crippen molar-refractivity contribution in [3.05, 3.63) is 71.1 Å². The van der Waals surface area contributed by atoms with Crippen molar-refractivity contribution in [2.75, 3.05) is 24.5 Å². The largest absolute Gasteiger partial charge is 0.421 e. The molecule has 0 saturated carbocycles. The molecule has 30 heavy (non-hydrogen) atoms. The van der Waals surface area contributed by atoms with Crippen LogP contribution in [0.25, 0.3) is 27.9 Å². The summed E-state index contributed by atoms with van der Waals surface area (Å²) < 4.78 is 7.58. The standard InChI is InChI=1S/C23H23N5O2/c1-4-17-12-27(8-7-24-17)18-6-5-16-9-21(30-23(29)19(16)10-18)20-13-28-11-14(2)25-15(3)22(28)26-20/h4-6,9-11,13,17,24H,1,7-8,12H2,2-3H3/t17-/m1/s1. The predicted octanol–water partition coefficient (Wildman–Crippen LogP) is 3.08. The molecule has 7 nitrogen and oxygen atoms in total. The molecule has 4 heterocycles. The Morgan fingerprint density at radius 2 is 2.10 bits per heavy atom. The number of fused-ring (bicyclic) bond motifs is 2. The lowest BCUT2D eigenvalue weighted by molar-refractivity contribution is 0.518. The molecule has 1 saturated heterocycles. The van der Waals surface area contributed by atoms with Crippen LogP contribution in [0.3, 0.4) is 0 Å². The highest BCUT2D eigenvalue weighted by atomic mass is 16.4. The van der Waals surface area contributed by atoms with Crippen LogP contribution in [-0.2, 0) is 0 Å². The van der Waals surface area contributed by atoms with Gasteiger partial charge in [0.2, 0.25) is 0 Å². The van der Waals surface area contributed by atoms with Crippen molar-refractivity contribution < 1.29 is 4.42 Å². The number of imidazole rings is 1. The highest BCUT2D eigenvalue weighted by molar-refractivity contribution is 5.87. The van der Waals surface area contributed by atoms with E-state index in [-0.39, 0.29) is 11.7 Å². The van der Waals surface area contributed by atoms with E-state index in [0.717, 1.165) is 47.7 Å². The molecule has 1 fully saturated rings. The van der Waals surface area contributed by atoms with E-state index in [9.17, 15) is 4.79 Å². The first kappa shape index (κ1) is 18.6. The number of benzene rings is 1. The lowest BCUT2D eigenvalue weighted by Gasteiger charge is -2.34. The zero-order valence-corrected chi connectivity index (χ0v) is 17.1. The van der Waals surface area contributed by atoms with Crippen LogP contribution in [0.2, 0.25) is 0 Å². The summed E-state index contributed by atoms with van der Waals surface area (Å²) >= 11 is 0. The molecule has 0 aliphatic carbocycles. The second-order valence-electron chi connectivity index (χ2n) is 7.74. The predicted molar refractivity (Wildman–Crippen MR) is 118 cm³/mol.